The normalized spacial score (nSPS) is 32.6. The molecule has 7 N–H and O–H groups in total. The smallest absolute Gasteiger partial charge is 1.00 e. The number of fused-ring (bicyclic) bond motifs is 5. The Labute approximate surface area is 728 Å². The number of nitrogens with zero attached hydrogens (tertiary/aromatic N) is 6. The molecule has 0 unspecified atom stereocenters. The van der Waals surface area contributed by atoms with Crippen LogP contribution in [0, 0.1) is 60.7 Å². The van der Waals surface area contributed by atoms with Crippen LogP contribution in [0.4, 0.5) is 9.59 Å². The van der Waals surface area contributed by atoms with E-state index in [0.717, 1.165) is 48.2 Å². The molecule has 15 rings (SSSR count). The number of carboxylic acid groups (broad SMARTS) is 1. The van der Waals surface area contributed by atoms with Crippen LogP contribution >= 0.6 is 0 Å². The number of nitrogens with one attached hydrogen (secondary N) is 2. The number of ether oxygens (including phenoxy) is 11. The number of aliphatic imine (C=N–C) groups is 3. The van der Waals surface area contributed by atoms with Gasteiger partial charge in [-0.2, -0.15) is 0 Å². The van der Waals surface area contributed by atoms with E-state index in [4.69, 9.17) is 62.1 Å². The van der Waals surface area contributed by atoms with Crippen molar-refractivity contribution < 1.29 is 119 Å². The van der Waals surface area contributed by atoms with E-state index in [1.54, 1.807) is 18.7 Å². The van der Waals surface area contributed by atoms with Crippen molar-refractivity contribution >= 4 is 71.5 Å². The molecule has 2 amide bonds. The second-order valence-electron chi connectivity index (χ2n) is 33.9. The van der Waals surface area contributed by atoms with E-state index < -0.39 is 65.5 Å². The summed E-state index contributed by atoms with van der Waals surface area (Å²) < 4.78 is 62.6. The molecule has 3 saturated heterocycles. The Morgan fingerprint density at radius 1 is 0.487 bits per heavy atom. The molecule has 5 saturated carbocycles. The van der Waals surface area contributed by atoms with Crippen molar-refractivity contribution in [1.82, 2.24) is 25.3 Å². The zero-order valence-corrected chi connectivity index (χ0v) is 74.8. The molecule has 8 fully saturated rings. The number of amides is 2. The summed E-state index contributed by atoms with van der Waals surface area (Å²) in [6, 6.07) is 40.4. The van der Waals surface area contributed by atoms with Crippen molar-refractivity contribution in [2.24, 2.45) is 68.2 Å². The molecule has 5 aliphatic carbocycles. The monoisotopic (exact) mass is 1730 g/mol. The first-order valence-electron chi connectivity index (χ1n) is 40.7. The summed E-state index contributed by atoms with van der Waals surface area (Å²) in [6.45, 7) is 19.0. The molecule has 29 nitrogen and oxygen atoms in total. The SMILES string of the molecule is C1CCOC1.CN(C)C1=N[C@@H]2[C@@H](O)[C@H](O)[C@@H](C(C)(C)O)C[C@@H]2O1.COC(=O)[C@H]1C[C@@H]2OC(N(C)C)=N[C@@H]2[C@@H](OCc2ccccc2)[C@@H]1C.C[C@H]1[C@H](OCc2ccccc2)[C@H]2N=C(N(C)C)O[C@H]2C[C@@H]1C(C)(C)O.C[C@H]1[C@H](OCc2ccccc2)[C@H]2NC(=O)O[C@H]2C[C@@H]1C(=O)O.C[C@H]1[C@H](OCc2ccccc2)[C@H]2NC(=O)O[C@H]2C[C@@H]1C=O.[Br-].[CH3-].[Mg+2]. The van der Waals surface area contributed by atoms with Gasteiger partial charge in [-0.1, -0.05) is 149 Å². The number of esters is 1. The van der Waals surface area contributed by atoms with Crippen LogP contribution in [-0.2, 0) is 92.9 Å². The van der Waals surface area contributed by atoms with Crippen LogP contribution in [0.2, 0.25) is 0 Å². The van der Waals surface area contributed by atoms with Gasteiger partial charge in [-0.15, -0.1) is 0 Å². The molecule has 25 atom stereocenters. The summed E-state index contributed by atoms with van der Waals surface area (Å²) in [5.74, 6) is -2.32. The first kappa shape index (κ1) is 98.8. The fourth-order valence-corrected chi connectivity index (χ4v) is 17.5. The molecule has 0 bridgehead atoms. The van der Waals surface area contributed by atoms with Crippen LogP contribution in [0.1, 0.15) is 123 Å². The Hall–Kier alpha value is -7.27. The average Bonchev–Trinajstić information content (AvgIpc) is 1.68. The summed E-state index contributed by atoms with van der Waals surface area (Å²) >= 11 is 0. The number of aldehydes is 1. The zero-order valence-electron chi connectivity index (χ0n) is 71.8. The number of carbonyl (C=O) groups excluding carboxylic acids is 4. The van der Waals surface area contributed by atoms with Crippen molar-refractivity contribution in [3.05, 3.63) is 151 Å². The van der Waals surface area contributed by atoms with E-state index >= 15 is 0 Å². The van der Waals surface area contributed by atoms with E-state index in [1.165, 1.54) is 20.0 Å². The number of aliphatic carboxylic acids is 1. The van der Waals surface area contributed by atoms with E-state index in [2.05, 4.69) is 34.7 Å². The summed E-state index contributed by atoms with van der Waals surface area (Å²) in [6.07, 6.45) is 1.31. The van der Waals surface area contributed by atoms with Crippen LogP contribution in [-0.4, -0.2) is 283 Å². The second-order valence-corrected chi connectivity index (χ2v) is 33.9. The van der Waals surface area contributed by atoms with Gasteiger partial charge >= 0.3 is 47.2 Å². The van der Waals surface area contributed by atoms with Gasteiger partial charge in [0.1, 0.15) is 61.0 Å². The number of aliphatic hydroxyl groups excluding tert-OH is 2. The molecule has 11 aliphatic rings. The minimum atomic E-state index is -1.06. The summed E-state index contributed by atoms with van der Waals surface area (Å²) in [5, 5.41) is 55.9. The molecule has 654 valence electrons. The van der Waals surface area contributed by atoms with Gasteiger partial charge in [0.05, 0.1) is 99.2 Å². The fraction of sp³-hybridized carbons (Fsp3) is 0.625. The number of halogens is 1. The number of methoxy groups -OCH3 is 1. The molecule has 0 aromatic heterocycles. The molecule has 0 radical (unpaired) electrons. The summed E-state index contributed by atoms with van der Waals surface area (Å²) in [7, 11) is 12.7. The predicted molar refractivity (Wildman–Crippen MR) is 444 cm³/mol. The number of aliphatic hydroxyl groups is 4. The molecular weight excluding hydrogens is 1610 g/mol. The predicted octanol–water partition coefficient (Wildman–Crippen LogP) is 5.52. The van der Waals surface area contributed by atoms with Crippen molar-refractivity contribution in [2.45, 2.75) is 235 Å². The van der Waals surface area contributed by atoms with Crippen molar-refractivity contribution in [1.29, 1.82) is 0 Å². The van der Waals surface area contributed by atoms with Crippen molar-refractivity contribution in [2.75, 3.05) is 62.6 Å². The van der Waals surface area contributed by atoms with Crippen LogP contribution in [0.15, 0.2) is 136 Å². The largest absolute Gasteiger partial charge is 2.00 e. The fourth-order valence-electron chi connectivity index (χ4n) is 17.5. The molecule has 119 heavy (non-hydrogen) atoms. The van der Waals surface area contributed by atoms with E-state index in [9.17, 15) is 49.5 Å². The summed E-state index contributed by atoms with van der Waals surface area (Å²) in [5.41, 5.74) is 2.49. The number of carbonyl (C=O) groups is 5. The number of amidine groups is 3. The quantitative estimate of drug-likeness (QED) is 0.0225. The molecule has 6 aliphatic heterocycles. The number of benzene rings is 4. The van der Waals surface area contributed by atoms with Gasteiger partial charge in [0.2, 0.25) is 0 Å². The standard InChI is InChI=1S/C20H30N2O3.C19H26N2O4.C16H19NO5.C16H19NO4.C12H22N2O4.C4H8O.CH3.BrH.Mg/c1-13-15(20(2,3)23)11-16-17(21-19(25-16)22(4)5)18(13)24-12-14-9-7-6-8-10-14;1-12-14(18(22)23-4)10-15-16(20-19(25-15)21(2)3)17(12)24-11-13-8-6-5-7-9-13;1-9-11(15(18)19)7-12-13(17-16(20)22-12)14(9)21-8-10-5-3-2-4-6-10;1-10-12(8-18)7-13-14(17-16(19)21-13)15(10)20-9-11-5-3-2-4-6-11;1-12(2,17)6-5-7-8(10(16)9(6)15)13-11(18-7)14(3)4;1-2-4-5-3-1;;;/h6-10,13,15-18,23H,11-12H2,1-5H3;5-9,12,14-17H,10-11H2,1-4H3;2-6,9,11-14H,7-8H2,1H3,(H,17,20)(H,18,19);2-6,8,10,12-15H,7,9H2,1H3,(H,17,19);6-10,15-17H,5H2,1-4H3;1-4H2;1H3;1H;/q;;;;;;-1;;+2/p-1/t13-,15+,16+,17+,18+;12-,14+,15+,16+,17+;9-,11+,12+,13+,14+;10-,12-,13+,14+,15+;6-,7-,8-,9+,10+;;;;/m11110..../s1. The third-order valence-electron chi connectivity index (χ3n) is 24.1. The van der Waals surface area contributed by atoms with Gasteiger partial charge < -0.3 is 132 Å². The Kier molecular flexibility index (Phi) is 37.5. The maximum Gasteiger partial charge on any atom is 2.00 e. The Balaban J connectivity index is 0.000000201. The molecule has 0 spiro atoms. The molecule has 6 heterocycles. The van der Waals surface area contributed by atoms with Crippen LogP contribution in [0.5, 0.6) is 0 Å². The van der Waals surface area contributed by atoms with E-state index in [0.29, 0.717) is 70.2 Å². The van der Waals surface area contributed by atoms with E-state index in [1.807, 2.05) is 196 Å². The molecular formula is C88H127BrMgN8O21. The Morgan fingerprint density at radius 2 is 0.832 bits per heavy atom. The maximum atomic E-state index is 12.2. The van der Waals surface area contributed by atoms with Gasteiger partial charge in [0.15, 0.2) is 0 Å². The number of rotatable bonds is 17. The maximum absolute atomic E-state index is 12.2. The van der Waals surface area contributed by atoms with Gasteiger partial charge in [0, 0.05) is 80.2 Å². The molecule has 4 aromatic carbocycles. The number of hydrogen-bond donors (Lipinski definition) is 7. The van der Waals surface area contributed by atoms with Crippen LogP contribution in [0.3, 0.4) is 0 Å². The Bertz CT molecular complexity index is 3890. The van der Waals surface area contributed by atoms with Crippen molar-refractivity contribution in [3.8, 4) is 0 Å². The summed E-state index contributed by atoms with van der Waals surface area (Å²) in [4.78, 5) is 77.1. The average molecular weight is 1740 g/mol. The van der Waals surface area contributed by atoms with E-state index in [-0.39, 0.29) is 168 Å². The Morgan fingerprint density at radius 3 is 1.20 bits per heavy atom. The van der Waals surface area contributed by atoms with Gasteiger partial charge in [0.25, 0.3) is 18.1 Å². The minimum Gasteiger partial charge on any atom is -1.00 e. The van der Waals surface area contributed by atoms with Gasteiger partial charge in [-0.3, -0.25) is 9.59 Å². The van der Waals surface area contributed by atoms with Gasteiger partial charge in [-0.25, -0.2) is 24.6 Å². The number of hydrogen-bond acceptors (Lipinski definition) is 26. The molecule has 4 aromatic rings. The van der Waals surface area contributed by atoms with Crippen molar-refractivity contribution in [3.63, 3.8) is 0 Å². The number of carboxylic acids is 1. The van der Waals surface area contributed by atoms with Gasteiger partial charge in [-0.05, 0) is 112 Å². The van der Waals surface area contributed by atoms with Crippen LogP contribution < -0.4 is 27.6 Å². The first-order valence-corrected chi connectivity index (χ1v) is 40.7. The number of alkyl carbamates (subject to hydrolysis) is 2. The topological polar surface area (TPSA) is 359 Å². The first-order chi connectivity index (χ1) is 55.2. The third-order valence-corrected chi connectivity index (χ3v) is 24.1. The minimum absolute atomic E-state index is 0. The molecule has 31 heteroatoms. The third kappa shape index (κ3) is 25.7. The second kappa shape index (κ2) is 45.2. The van der Waals surface area contributed by atoms with Crippen LogP contribution in [0.25, 0.3) is 0 Å². The zero-order chi connectivity index (χ0) is 83.9.